The molecule has 0 bridgehead atoms. The minimum Gasteiger partial charge on any atom is -0.369 e. The van der Waals surface area contributed by atoms with E-state index in [0.29, 0.717) is 0 Å². The van der Waals surface area contributed by atoms with Crippen molar-refractivity contribution >= 4 is 24.0 Å². The lowest BCUT2D eigenvalue weighted by Gasteiger charge is -2.36. The Labute approximate surface area is 158 Å². The van der Waals surface area contributed by atoms with Crippen LogP contribution in [0.4, 0.5) is 5.69 Å². The van der Waals surface area contributed by atoms with Gasteiger partial charge in [-0.15, -0.1) is 12.4 Å². The van der Waals surface area contributed by atoms with E-state index in [2.05, 4.69) is 45.4 Å². The third-order valence-corrected chi connectivity index (χ3v) is 4.71. The molecule has 1 atom stereocenters. The molecule has 1 aliphatic heterocycles. The van der Waals surface area contributed by atoms with E-state index in [9.17, 15) is 4.79 Å². The van der Waals surface area contributed by atoms with E-state index in [1.54, 1.807) is 0 Å². The molecule has 6 heteroatoms. The molecule has 0 aliphatic carbocycles. The van der Waals surface area contributed by atoms with Crippen molar-refractivity contribution in [1.82, 2.24) is 10.2 Å². The Hall–Kier alpha value is -1.30. The second-order valence-corrected chi connectivity index (χ2v) is 6.93. The van der Waals surface area contributed by atoms with Crippen molar-refractivity contribution in [2.75, 3.05) is 44.2 Å². The minimum absolute atomic E-state index is 0. The van der Waals surface area contributed by atoms with Crippen LogP contribution in [0.1, 0.15) is 26.7 Å². The number of halogens is 1. The minimum atomic E-state index is -0.393. The summed E-state index contributed by atoms with van der Waals surface area (Å²) in [6, 6.07) is 10.2. The van der Waals surface area contributed by atoms with Crippen molar-refractivity contribution in [3.05, 3.63) is 30.3 Å². The summed E-state index contributed by atoms with van der Waals surface area (Å²) in [4.78, 5) is 16.7. The van der Waals surface area contributed by atoms with Crippen LogP contribution in [0.5, 0.6) is 0 Å². The van der Waals surface area contributed by atoms with Crippen molar-refractivity contribution in [3.63, 3.8) is 0 Å². The van der Waals surface area contributed by atoms with Gasteiger partial charge >= 0.3 is 0 Å². The maximum absolute atomic E-state index is 11.8. The zero-order valence-electron chi connectivity index (χ0n) is 15.5. The van der Waals surface area contributed by atoms with E-state index in [-0.39, 0.29) is 24.2 Å². The molecule has 1 aliphatic rings. The Morgan fingerprint density at radius 2 is 1.76 bits per heavy atom. The van der Waals surface area contributed by atoms with Crippen LogP contribution in [-0.2, 0) is 4.79 Å². The summed E-state index contributed by atoms with van der Waals surface area (Å²) >= 11 is 0. The molecule has 3 N–H and O–H groups in total. The predicted octanol–water partition coefficient (Wildman–Crippen LogP) is 2.11. The molecular formula is C19H33ClN4O. The molecule has 1 aromatic rings. The van der Waals surface area contributed by atoms with Crippen molar-refractivity contribution in [1.29, 1.82) is 0 Å². The smallest absolute Gasteiger partial charge is 0.237 e. The van der Waals surface area contributed by atoms with Gasteiger partial charge < -0.3 is 16.0 Å². The average molecular weight is 369 g/mol. The van der Waals surface area contributed by atoms with Crippen molar-refractivity contribution in [3.8, 4) is 0 Å². The normalized spacial score (nSPS) is 16.4. The first-order valence-corrected chi connectivity index (χ1v) is 9.13. The number of amides is 1. The summed E-state index contributed by atoms with van der Waals surface area (Å²) in [5.41, 5.74) is 7.15. The molecule has 0 saturated carbocycles. The highest BCUT2D eigenvalue weighted by Gasteiger charge is 2.17. The number of hydrogen-bond donors (Lipinski definition) is 2. The van der Waals surface area contributed by atoms with Crippen LogP contribution in [0.2, 0.25) is 0 Å². The Kier molecular flexibility index (Phi) is 9.86. The van der Waals surface area contributed by atoms with Gasteiger partial charge in [-0.25, -0.2) is 0 Å². The van der Waals surface area contributed by atoms with Crippen molar-refractivity contribution in [2.24, 2.45) is 11.7 Å². The zero-order chi connectivity index (χ0) is 17.4. The van der Waals surface area contributed by atoms with Gasteiger partial charge in [0.25, 0.3) is 0 Å². The second kappa shape index (κ2) is 11.3. The Morgan fingerprint density at radius 1 is 1.12 bits per heavy atom. The lowest BCUT2D eigenvalue weighted by molar-refractivity contribution is -0.123. The first-order valence-electron chi connectivity index (χ1n) is 9.13. The highest BCUT2D eigenvalue weighted by atomic mass is 35.5. The van der Waals surface area contributed by atoms with Crippen LogP contribution >= 0.6 is 12.4 Å². The fraction of sp³-hybridized carbons (Fsp3) is 0.632. The molecule has 5 nitrogen and oxygen atoms in total. The van der Waals surface area contributed by atoms with Gasteiger partial charge in [0.1, 0.15) is 0 Å². The quantitative estimate of drug-likeness (QED) is 0.690. The molecule has 0 aromatic heterocycles. The molecule has 0 spiro atoms. The number of unbranched alkanes of at least 4 members (excludes halogenated alkanes) is 1. The fourth-order valence-electron chi connectivity index (χ4n) is 2.96. The number of nitrogens with one attached hydrogen (secondary N) is 1. The number of nitrogens with two attached hydrogens (primary N) is 1. The Morgan fingerprint density at radius 3 is 2.36 bits per heavy atom. The van der Waals surface area contributed by atoms with Crippen molar-refractivity contribution < 1.29 is 4.79 Å². The van der Waals surface area contributed by atoms with Gasteiger partial charge in [0.05, 0.1) is 6.04 Å². The number of carbonyl (C=O) groups is 1. The third kappa shape index (κ3) is 7.22. The summed E-state index contributed by atoms with van der Waals surface area (Å²) in [5.74, 6) is 0.160. The van der Waals surface area contributed by atoms with Crippen LogP contribution in [0.25, 0.3) is 0 Å². The average Bonchev–Trinajstić information content (AvgIpc) is 2.61. The monoisotopic (exact) mass is 368 g/mol. The van der Waals surface area contributed by atoms with Gasteiger partial charge in [-0.05, 0) is 37.4 Å². The van der Waals surface area contributed by atoms with Crippen LogP contribution in [0, 0.1) is 5.92 Å². The molecule has 2 rings (SSSR count). The van der Waals surface area contributed by atoms with E-state index in [4.69, 9.17) is 5.73 Å². The van der Waals surface area contributed by atoms with E-state index in [1.165, 1.54) is 5.69 Å². The van der Waals surface area contributed by atoms with Crippen LogP contribution in [0.3, 0.4) is 0 Å². The van der Waals surface area contributed by atoms with Gasteiger partial charge in [-0.2, -0.15) is 0 Å². The number of benzene rings is 1. The molecule has 1 heterocycles. The van der Waals surface area contributed by atoms with Crippen molar-refractivity contribution in [2.45, 2.75) is 32.7 Å². The lowest BCUT2D eigenvalue weighted by Crippen LogP contribution is -2.47. The molecule has 0 radical (unpaired) electrons. The SMILES string of the molecule is CC(C)[C@H](N)C(=O)NCCCCN1CCN(c2ccccc2)CC1.Cl. The number of piperazine rings is 1. The molecule has 1 amide bonds. The molecule has 1 fully saturated rings. The summed E-state index contributed by atoms with van der Waals surface area (Å²) in [6.45, 7) is 10.2. The van der Waals surface area contributed by atoms with Gasteiger partial charge in [0.2, 0.25) is 5.91 Å². The maximum atomic E-state index is 11.8. The molecule has 142 valence electrons. The van der Waals surface area contributed by atoms with Gasteiger partial charge in [-0.1, -0.05) is 32.0 Å². The number of hydrogen-bond acceptors (Lipinski definition) is 4. The molecular weight excluding hydrogens is 336 g/mol. The number of nitrogens with zero attached hydrogens (tertiary/aromatic N) is 2. The first-order chi connectivity index (χ1) is 11.6. The predicted molar refractivity (Wildman–Crippen MR) is 107 cm³/mol. The highest BCUT2D eigenvalue weighted by Crippen LogP contribution is 2.15. The fourth-order valence-corrected chi connectivity index (χ4v) is 2.96. The Bertz CT molecular complexity index is 489. The first kappa shape index (κ1) is 21.7. The number of rotatable bonds is 8. The third-order valence-electron chi connectivity index (χ3n) is 4.71. The lowest BCUT2D eigenvalue weighted by atomic mass is 10.1. The largest absolute Gasteiger partial charge is 0.369 e. The maximum Gasteiger partial charge on any atom is 0.237 e. The molecule has 25 heavy (non-hydrogen) atoms. The van der Waals surface area contributed by atoms with Gasteiger partial charge in [-0.3, -0.25) is 9.69 Å². The van der Waals surface area contributed by atoms with E-state index < -0.39 is 6.04 Å². The summed E-state index contributed by atoms with van der Waals surface area (Å²) in [5, 5.41) is 2.94. The van der Waals surface area contributed by atoms with Crippen LogP contribution in [0.15, 0.2) is 30.3 Å². The topological polar surface area (TPSA) is 61.6 Å². The van der Waals surface area contributed by atoms with Gasteiger partial charge in [0.15, 0.2) is 0 Å². The summed E-state index contributed by atoms with van der Waals surface area (Å²) in [6.07, 6.45) is 2.12. The molecule has 1 saturated heterocycles. The standard InChI is InChI=1S/C19H32N4O.ClH/c1-16(2)18(20)19(24)21-10-6-7-11-22-12-14-23(15-13-22)17-8-4-3-5-9-17;/h3-5,8-9,16,18H,6-7,10-15,20H2,1-2H3,(H,21,24);1H/t18-;/m0./s1. The summed E-state index contributed by atoms with van der Waals surface area (Å²) in [7, 11) is 0. The molecule has 0 unspecified atom stereocenters. The number of anilines is 1. The van der Waals surface area contributed by atoms with Crippen LogP contribution < -0.4 is 16.0 Å². The Balaban J connectivity index is 0.00000312. The second-order valence-electron chi connectivity index (χ2n) is 6.93. The number of para-hydroxylation sites is 1. The zero-order valence-corrected chi connectivity index (χ0v) is 16.3. The number of carbonyl (C=O) groups excluding carboxylic acids is 1. The molecule has 1 aromatic carbocycles. The van der Waals surface area contributed by atoms with Crippen LogP contribution in [-0.4, -0.2) is 56.1 Å². The summed E-state index contributed by atoms with van der Waals surface area (Å²) < 4.78 is 0. The van der Waals surface area contributed by atoms with E-state index in [0.717, 1.165) is 52.1 Å². The van der Waals surface area contributed by atoms with E-state index in [1.807, 2.05) is 13.8 Å². The highest BCUT2D eigenvalue weighted by molar-refractivity contribution is 5.85. The van der Waals surface area contributed by atoms with Gasteiger partial charge in [0, 0.05) is 38.4 Å². The van der Waals surface area contributed by atoms with E-state index >= 15 is 0 Å².